The molecule has 0 aromatic heterocycles. The first kappa shape index (κ1) is 12.8. The summed E-state index contributed by atoms with van der Waals surface area (Å²) >= 11 is 1.54. The van der Waals surface area contributed by atoms with Gasteiger partial charge in [0.2, 0.25) is 0 Å². The van der Waals surface area contributed by atoms with Crippen molar-refractivity contribution in [3.05, 3.63) is 60.2 Å². The van der Waals surface area contributed by atoms with Crippen LogP contribution in [0.2, 0.25) is 0 Å². The van der Waals surface area contributed by atoms with Gasteiger partial charge in [0.05, 0.1) is 11.3 Å². The maximum absolute atomic E-state index is 12.0. The average Bonchev–Trinajstić information content (AvgIpc) is 3.01. The van der Waals surface area contributed by atoms with Gasteiger partial charge in [-0.2, -0.15) is 4.99 Å². The largest absolute Gasteiger partial charge is 0.278 e. The van der Waals surface area contributed by atoms with Crippen LogP contribution in [0.25, 0.3) is 11.1 Å². The molecule has 2 aromatic rings. The van der Waals surface area contributed by atoms with Crippen molar-refractivity contribution in [1.29, 1.82) is 0 Å². The highest BCUT2D eigenvalue weighted by Crippen LogP contribution is 2.19. The smallest absolute Gasteiger partial charge is 0.267 e. The zero-order valence-electron chi connectivity index (χ0n) is 10.7. The molecule has 0 bridgehead atoms. The van der Waals surface area contributed by atoms with E-state index in [4.69, 9.17) is 0 Å². The Morgan fingerprint density at radius 1 is 1.00 bits per heavy atom. The molecule has 0 unspecified atom stereocenters. The van der Waals surface area contributed by atoms with E-state index < -0.39 is 0 Å². The van der Waals surface area contributed by atoms with Gasteiger partial charge in [-0.25, -0.2) is 4.99 Å². The number of amidine groups is 1. The summed E-state index contributed by atoms with van der Waals surface area (Å²) in [4.78, 5) is 20.0. The number of benzene rings is 2. The second kappa shape index (κ2) is 5.84. The van der Waals surface area contributed by atoms with Crippen LogP contribution in [-0.2, 0) is 0 Å². The Balaban J connectivity index is 1.81. The summed E-state index contributed by atoms with van der Waals surface area (Å²) in [7, 11) is 0. The Bertz CT molecular complexity index is 675. The Labute approximate surface area is 121 Å². The third kappa shape index (κ3) is 2.86. The molecule has 3 nitrogen and oxygen atoms in total. The first-order valence-corrected chi connectivity index (χ1v) is 7.29. The second-order valence-electron chi connectivity index (χ2n) is 4.32. The number of hydrogen-bond acceptors (Lipinski definition) is 2. The fourth-order valence-electron chi connectivity index (χ4n) is 1.93. The number of carbonyl (C=O) groups excluding carboxylic acids is 1. The van der Waals surface area contributed by atoms with Gasteiger partial charge < -0.3 is 0 Å². The van der Waals surface area contributed by atoms with Crippen LogP contribution in [0.1, 0.15) is 10.4 Å². The van der Waals surface area contributed by atoms with E-state index in [1.807, 2.05) is 42.5 Å². The van der Waals surface area contributed by atoms with Crippen LogP contribution in [0.3, 0.4) is 0 Å². The van der Waals surface area contributed by atoms with E-state index in [-0.39, 0.29) is 5.91 Å². The minimum absolute atomic E-state index is 0.237. The van der Waals surface area contributed by atoms with Crippen molar-refractivity contribution in [2.45, 2.75) is 0 Å². The van der Waals surface area contributed by atoms with Gasteiger partial charge in [0.15, 0.2) is 0 Å². The molecule has 98 valence electrons. The second-order valence-corrected chi connectivity index (χ2v) is 5.15. The lowest BCUT2D eigenvalue weighted by Crippen LogP contribution is -2.01. The van der Waals surface area contributed by atoms with E-state index in [1.165, 1.54) is 0 Å². The summed E-state index contributed by atoms with van der Waals surface area (Å²) in [5.74, 6) is 1.03. The molecule has 0 radical (unpaired) electrons. The van der Waals surface area contributed by atoms with Crippen molar-refractivity contribution in [3.8, 4) is 11.1 Å². The third-order valence-electron chi connectivity index (χ3n) is 2.96. The van der Waals surface area contributed by atoms with Gasteiger partial charge in [-0.3, -0.25) is 4.79 Å². The number of nitrogens with zero attached hydrogens (tertiary/aromatic N) is 2. The number of rotatable bonds is 2. The van der Waals surface area contributed by atoms with E-state index in [1.54, 1.807) is 29.4 Å². The van der Waals surface area contributed by atoms with E-state index in [9.17, 15) is 4.79 Å². The van der Waals surface area contributed by atoms with E-state index in [2.05, 4.69) is 9.98 Å². The fraction of sp³-hybridized carbons (Fsp3) is 0.0625. The number of hydrogen-bond donors (Lipinski definition) is 0. The third-order valence-corrected chi connectivity index (χ3v) is 3.64. The molecule has 4 heteroatoms. The molecule has 1 aliphatic rings. The highest BCUT2D eigenvalue weighted by Gasteiger charge is 2.09. The lowest BCUT2D eigenvalue weighted by molar-refractivity contribution is 0.100. The first-order valence-electron chi connectivity index (χ1n) is 6.24. The van der Waals surface area contributed by atoms with E-state index in [0.29, 0.717) is 17.2 Å². The Hall–Kier alpha value is -2.20. The molecule has 0 atom stereocenters. The van der Waals surface area contributed by atoms with Crippen molar-refractivity contribution in [2.24, 2.45) is 9.98 Å². The van der Waals surface area contributed by atoms with Crippen molar-refractivity contribution >= 4 is 29.1 Å². The fourth-order valence-corrected chi connectivity index (χ4v) is 2.48. The van der Waals surface area contributed by atoms with Crippen LogP contribution in [0.15, 0.2) is 64.6 Å². The van der Waals surface area contributed by atoms with Crippen LogP contribution < -0.4 is 0 Å². The van der Waals surface area contributed by atoms with Gasteiger partial charge in [0.25, 0.3) is 5.91 Å². The molecule has 0 saturated carbocycles. The van der Waals surface area contributed by atoms with Crippen LogP contribution in [0.4, 0.5) is 0 Å². The molecule has 0 spiro atoms. The normalized spacial score (nSPS) is 15.7. The van der Waals surface area contributed by atoms with Crippen molar-refractivity contribution in [1.82, 2.24) is 0 Å². The lowest BCUT2D eigenvalue weighted by Gasteiger charge is -2.02. The summed E-state index contributed by atoms with van der Waals surface area (Å²) in [6.45, 7) is 0. The zero-order valence-corrected chi connectivity index (χ0v) is 11.5. The minimum atomic E-state index is -0.237. The van der Waals surface area contributed by atoms with Gasteiger partial charge in [-0.15, -0.1) is 11.8 Å². The molecular weight excluding hydrogens is 268 g/mol. The number of carbonyl (C=O) groups is 1. The monoisotopic (exact) mass is 280 g/mol. The molecule has 0 N–H and O–H groups in total. The van der Waals surface area contributed by atoms with Crippen LogP contribution in [0, 0.1) is 0 Å². The maximum atomic E-state index is 12.0. The number of aliphatic imine (C=N–C) groups is 2. The molecular formula is C16H12N2OS. The molecule has 1 heterocycles. The molecule has 0 saturated heterocycles. The summed E-state index contributed by atoms with van der Waals surface area (Å²) in [5.41, 5.74) is 4.52. The predicted molar refractivity (Wildman–Crippen MR) is 84.6 cm³/mol. The summed E-state index contributed by atoms with van der Waals surface area (Å²) in [6, 6.07) is 17.6. The van der Waals surface area contributed by atoms with Gasteiger partial charge >= 0.3 is 0 Å². The quantitative estimate of drug-likeness (QED) is 0.842. The van der Waals surface area contributed by atoms with E-state index >= 15 is 0 Å². The van der Waals surface area contributed by atoms with E-state index in [0.717, 1.165) is 11.1 Å². The number of amides is 1. The van der Waals surface area contributed by atoms with Gasteiger partial charge in [0.1, 0.15) is 5.84 Å². The van der Waals surface area contributed by atoms with Crippen molar-refractivity contribution < 1.29 is 4.79 Å². The SMILES string of the molecule is O=C(N=C1CSC=N1)c1ccc(-c2ccccc2)cc1. The molecule has 3 rings (SSSR count). The Kier molecular flexibility index (Phi) is 3.74. The van der Waals surface area contributed by atoms with Crippen LogP contribution in [0.5, 0.6) is 0 Å². The topological polar surface area (TPSA) is 41.8 Å². The molecule has 0 fully saturated rings. The van der Waals surface area contributed by atoms with Crippen molar-refractivity contribution in [3.63, 3.8) is 0 Å². The minimum Gasteiger partial charge on any atom is -0.267 e. The van der Waals surface area contributed by atoms with Gasteiger partial charge in [-0.05, 0) is 23.3 Å². The van der Waals surface area contributed by atoms with Crippen LogP contribution >= 0.6 is 11.8 Å². The van der Waals surface area contributed by atoms with Gasteiger partial charge in [-0.1, -0.05) is 42.5 Å². The zero-order chi connectivity index (χ0) is 13.8. The number of thioether (sulfide) groups is 1. The Morgan fingerprint density at radius 2 is 1.70 bits per heavy atom. The standard InChI is InChI=1S/C16H12N2OS/c19-16(18-15-10-20-11-17-15)14-8-6-13(7-9-14)12-4-2-1-3-5-12/h1-9,11H,10H2. The molecule has 1 aliphatic heterocycles. The van der Waals surface area contributed by atoms with Crippen molar-refractivity contribution in [2.75, 3.05) is 5.75 Å². The highest BCUT2D eigenvalue weighted by atomic mass is 32.2. The highest BCUT2D eigenvalue weighted by molar-refractivity contribution is 8.13. The molecule has 2 aromatic carbocycles. The van der Waals surface area contributed by atoms with Crippen LogP contribution in [-0.4, -0.2) is 23.0 Å². The molecule has 1 amide bonds. The Morgan fingerprint density at radius 3 is 2.35 bits per heavy atom. The molecule has 20 heavy (non-hydrogen) atoms. The van der Waals surface area contributed by atoms with Gasteiger partial charge in [0, 0.05) is 5.56 Å². The maximum Gasteiger partial charge on any atom is 0.278 e. The molecule has 0 aliphatic carbocycles. The lowest BCUT2D eigenvalue weighted by atomic mass is 10.0. The summed E-state index contributed by atoms with van der Waals surface area (Å²) in [5, 5.41) is 0. The predicted octanol–water partition coefficient (Wildman–Crippen LogP) is 3.67. The first-order chi connectivity index (χ1) is 9.83. The summed E-state index contributed by atoms with van der Waals surface area (Å²) in [6.07, 6.45) is 0. The average molecular weight is 280 g/mol. The summed E-state index contributed by atoms with van der Waals surface area (Å²) < 4.78 is 0.